The zero-order chi connectivity index (χ0) is 13.5. The second kappa shape index (κ2) is 10.9. The van der Waals surface area contributed by atoms with Gasteiger partial charge in [0.05, 0.1) is 6.04 Å². The first-order valence-electron chi connectivity index (χ1n) is 6.44. The van der Waals surface area contributed by atoms with E-state index in [4.69, 9.17) is 5.73 Å². The van der Waals surface area contributed by atoms with Gasteiger partial charge >= 0.3 is 0 Å². The van der Waals surface area contributed by atoms with Crippen molar-refractivity contribution in [3.8, 4) is 0 Å². The standard InChI is InChI=1S/C14H23N3O.2ClH/c1-4-17(5-2)10-12-7-6-8-13(9-12)16-14(18)11(3)15;;/h6-9,11H,4-5,10,15H2,1-3H3,(H,16,18);2*1H/t11-;;/m0../s1. The van der Waals surface area contributed by atoms with E-state index in [9.17, 15) is 4.79 Å². The van der Waals surface area contributed by atoms with Crippen molar-refractivity contribution >= 4 is 36.4 Å². The molecule has 0 saturated carbocycles. The highest BCUT2D eigenvalue weighted by Crippen LogP contribution is 2.12. The number of rotatable bonds is 6. The lowest BCUT2D eigenvalue weighted by Gasteiger charge is -2.18. The van der Waals surface area contributed by atoms with Crippen LogP contribution in [0.2, 0.25) is 0 Å². The Balaban J connectivity index is 0. The molecule has 0 radical (unpaired) electrons. The van der Waals surface area contributed by atoms with E-state index in [1.54, 1.807) is 6.92 Å². The number of hydrogen-bond acceptors (Lipinski definition) is 3. The van der Waals surface area contributed by atoms with Gasteiger partial charge in [0.1, 0.15) is 0 Å². The SMILES string of the molecule is CCN(CC)Cc1cccc(NC(=O)[C@H](C)N)c1.Cl.Cl. The van der Waals surface area contributed by atoms with Gasteiger partial charge in [-0.25, -0.2) is 0 Å². The smallest absolute Gasteiger partial charge is 0.240 e. The molecule has 116 valence electrons. The molecule has 1 aromatic rings. The first kappa shape index (κ1) is 21.5. The average molecular weight is 322 g/mol. The molecular weight excluding hydrogens is 297 g/mol. The number of halogens is 2. The van der Waals surface area contributed by atoms with E-state index >= 15 is 0 Å². The Labute approximate surface area is 133 Å². The van der Waals surface area contributed by atoms with Gasteiger partial charge in [-0.1, -0.05) is 26.0 Å². The van der Waals surface area contributed by atoms with Gasteiger partial charge in [-0.05, 0) is 37.7 Å². The fraction of sp³-hybridized carbons (Fsp3) is 0.500. The molecule has 1 rings (SSSR count). The van der Waals surface area contributed by atoms with Gasteiger partial charge in [-0.2, -0.15) is 0 Å². The number of nitrogens with one attached hydrogen (secondary N) is 1. The van der Waals surface area contributed by atoms with Crippen LogP contribution in [0, 0.1) is 0 Å². The summed E-state index contributed by atoms with van der Waals surface area (Å²) in [5.74, 6) is -0.157. The molecule has 0 aliphatic rings. The van der Waals surface area contributed by atoms with Crippen LogP contribution in [0.5, 0.6) is 0 Å². The zero-order valence-electron chi connectivity index (χ0n) is 12.3. The molecule has 1 atom stereocenters. The van der Waals surface area contributed by atoms with Crippen LogP contribution in [0.3, 0.4) is 0 Å². The second-order valence-electron chi connectivity index (χ2n) is 4.44. The maximum atomic E-state index is 11.5. The van der Waals surface area contributed by atoms with Crippen molar-refractivity contribution < 1.29 is 4.79 Å². The molecule has 3 N–H and O–H groups in total. The van der Waals surface area contributed by atoms with Crippen molar-refractivity contribution in [1.29, 1.82) is 0 Å². The highest BCUT2D eigenvalue weighted by atomic mass is 35.5. The predicted molar refractivity (Wildman–Crippen MR) is 89.8 cm³/mol. The van der Waals surface area contributed by atoms with Crippen LogP contribution in [0.15, 0.2) is 24.3 Å². The first-order chi connectivity index (χ1) is 8.56. The summed E-state index contributed by atoms with van der Waals surface area (Å²) in [6.45, 7) is 8.90. The van der Waals surface area contributed by atoms with Crippen LogP contribution in [-0.2, 0) is 11.3 Å². The van der Waals surface area contributed by atoms with Gasteiger partial charge in [-0.15, -0.1) is 24.8 Å². The quantitative estimate of drug-likeness (QED) is 0.846. The Kier molecular flexibility index (Phi) is 11.7. The van der Waals surface area contributed by atoms with E-state index in [1.165, 1.54) is 5.56 Å². The highest BCUT2D eigenvalue weighted by molar-refractivity contribution is 5.94. The number of benzene rings is 1. The van der Waals surface area contributed by atoms with Gasteiger partial charge in [0.15, 0.2) is 0 Å². The number of carbonyl (C=O) groups is 1. The molecule has 0 aliphatic heterocycles. The lowest BCUT2D eigenvalue weighted by Crippen LogP contribution is -2.32. The minimum atomic E-state index is -0.489. The van der Waals surface area contributed by atoms with E-state index in [1.807, 2.05) is 18.2 Å². The molecule has 20 heavy (non-hydrogen) atoms. The zero-order valence-corrected chi connectivity index (χ0v) is 13.9. The fourth-order valence-electron chi connectivity index (χ4n) is 1.71. The molecule has 0 bridgehead atoms. The summed E-state index contributed by atoms with van der Waals surface area (Å²) in [5, 5.41) is 2.81. The third kappa shape index (κ3) is 7.10. The molecule has 1 aromatic carbocycles. The predicted octanol–water partition coefficient (Wildman–Crippen LogP) is 2.66. The molecule has 4 nitrogen and oxygen atoms in total. The van der Waals surface area contributed by atoms with E-state index < -0.39 is 6.04 Å². The van der Waals surface area contributed by atoms with Gasteiger partial charge < -0.3 is 11.1 Å². The van der Waals surface area contributed by atoms with Crippen LogP contribution in [0.1, 0.15) is 26.3 Å². The molecule has 0 spiro atoms. The highest BCUT2D eigenvalue weighted by Gasteiger charge is 2.08. The Bertz CT molecular complexity index is 396. The Morgan fingerprint density at radius 1 is 1.30 bits per heavy atom. The van der Waals surface area contributed by atoms with Crippen LogP contribution in [0.4, 0.5) is 5.69 Å². The first-order valence-corrected chi connectivity index (χ1v) is 6.44. The number of nitrogens with zero attached hydrogens (tertiary/aromatic N) is 1. The topological polar surface area (TPSA) is 58.4 Å². The number of anilines is 1. The Morgan fingerprint density at radius 2 is 1.90 bits per heavy atom. The summed E-state index contributed by atoms with van der Waals surface area (Å²) in [7, 11) is 0. The summed E-state index contributed by atoms with van der Waals surface area (Å²) < 4.78 is 0. The number of hydrogen-bond donors (Lipinski definition) is 2. The molecule has 1 amide bonds. The minimum Gasteiger partial charge on any atom is -0.325 e. The van der Waals surface area contributed by atoms with Gasteiger partial charge in [-0.3, -0.25) is 9.69 Å². The van der Waals surface area contributed by atoms with Crippen molar-refractivity contribution in [2.24, 2.45) is 5.73 Å². The minimum absolute atomic E-state index is 0. The van der Waals surface area contributed by atoms with Crippen molar-refractivity contribution in [2.45, 2.75) is 33.4 Å². The second-order valence-corrected chi connectivity index (χ2v) is 4.44. The van der Waals surface area contributed by atoms with Crippen LogP contribution >= 0.6 is 24.8 Å². The molecular formula is C14H25Cl2N3O. The summed E-state index contributed by atoms with van der Waals surface area (Å²) in [6, 6.07) is 7.41. The van der Waals surface area contributed by atoms with E-state index in [2.05, 4.69) is 30.1 Å². The van der Waals surface area contributed by atoms with E-state index in [0.29, 0.717) is 0 Å². The molecule has 6 heteroatoms. The fourth-order valence-corrected chi connectivity index (χ4v) is 1.71. The summed E-state index contributed by atoms with van der Waals surface area (Å²) in [5.41, 5.74) is 7.53. The van der Waals surface area contributed by atoms with Gasteiger partial charge in [0, 0.05) is 12.2 Å². The maximum absolute atomic E-state index is 11.5. The lowest BCUT2D eigenvalue weighted by atomic mass is 10.2. The molecule has 0 unspecified atom stereocenters. The molecule has 0 aromatic heterocycles. The van der Waals surface area contributed by atoms with Crippen LogP contribution < -0.4 is 11.1 Å². The number of carbonyl (C=O) groups excluding carboxylic acids is 1. The van der Waals surface area contributed by atoms with Crippen molar-refractivity contribution in [3.05, 3.63) is 29.8 Å². The molecule has 0 saturated heterocycles. The van der Waals surface area contributed by atoms with E-state index in [-0.39, 0.29) is 30.7 Å². The van der Waals surface area contributed by atoms with Gasteiger partial charge in [0.2, 0.25) is 5.91 Å². The maximum Gasteiger partial charge on any atom is 0.240 e. The lowest BCUT2D eigenvalue weighted by molar-refractivity contribution is -0.117. The monoisotopic (exact) mass is 321 g/mol. The van der Waals surface area contributed by atoms with Crippen molar-refractivity contribution in [3.63, 3.8) is 0 Å². The van der Waals surface area contributed by atoms with Crippen LogP contribution in [0.25, 0.3) is 0 Å². The molecule has 0 fully saturated rings. The number of amides is 1. The van der Waals surface area contributed by atoms with Gasteiger partial charge in [0.25, 0.3) is 0 Å². The van der Waals surface area contributed by atoms with E-state index in [0.717, 1.165) is 25.3 Å². The summed E-state index contributed by atoms with van der Waals surface area (Å²) in [4.78, 5) is 13.8. The molecule has 0 aliphatic carbocycles. The average Bonchev–Trinajstić information content (AvgIpc) is 2.36. The summed E-state index contributed by atoms with van der Waals surface area (Å²) >= 11 is 0. The normalized spacial score (nSPS) is 11.2. The van der Waals surface area contributed by atoms with Crippen molar-refractivity contribution in [2.75, 3.05) is 18.4 Å². The Hall–Kier alpha value is -0.810. The Morgan fingerprint density at radius 3 is 2.40 bits per heavy atom. The third-order valence-electron chi connectivity index (χ3n) is 2.91. The van der Waals surface area contributed by atoms with Crippen molar-refractivity contribution in [1.82, 2.24) is 4.90 Å². The van der Waals surface area contributed by atoms with Crippen LogP contribution in [-0.4, -0.2) is 29.9 Å². The third-order valence-corrected chi connectivity index (χ3v) is 2.91. The summed E-state index contributed by atoms with van der Waals surface area (Å²) in [6.07, 6.45) is 0. The number of nitrogens with two attached hydrogens (primary N) is 1. The molecule has 0 heterocycles. The largest absolute Gasteiger partial charge is 0.325 e.